The van der Waals surface area contributed by atoms with Crippen LogP contribution in [0, 0.1) is 5.92 Å². The Morgan fingerprint density at radius 2 is 2.17 bits per heavy atom. The van der Waals surface area contributed by atoms with Gasteiger partial charge in [0.1, 0.15) is 6.54 Å². The number of carbonyl (C=O) groups excluding carboxylic acids is 2. The third kappa shape index (κ3) is 4.54. The van der Waals surface area contributed by atoms with E-state index in [0.717, 1.165) is 4.90 Å². The fourth-order valence-corrected chi connectivity index (χ4v) is 1.96. The molecule has 0 bridgehead atoms. The van der Waals surface area contributed by atoms with Gasteiger partial charge in [0.15, 0.2) is 0 Å². The molecule has 1 aliphatic heterocycles. The number of rotatable bonds is 4. The van der Waals surface area contributed by atoms with Gasteiger partial charge in [0.05, 0.1) is 5.92 Å². The fraction of sp³-hybridized carbons (Fsp3) is 0.818. The van der Waals surface area contributed by atoms with Crippen LogP contribution in [0.25, 0.3) is 0 Å². The summed E-state index contributed by atoms with van der Waals surface area (Å²) < 4.78 is 37.1. The number of nitrogens with one attached hydrogen (secondary N) is 1. The lowest BCUT2D eigenvalue weighted by Gasteiger charge is -2.29. The van der Waals surface area contributed by atoms with Gasteiger partial charge in [-0.05, 0) is 12.8 Å². The predicted molar refractivity (Wildman–Crippen MR) is 58.7 cm³/mol. The molecule has 104 valence electrons. The van der Waals surface area contributed by atoms with Crippen molar-refractivity contribution in [2.75, 3.05) is 19.6 Å². The van der Waals surface area contributed by atoms with Gasteiger partial charge >= 0.3 is 6.18 Å². The molecular formula is C11H17F3N2O2. The summed E-state index contributed by atoms with van der Waals surface area (Å²) in [4.78, 5) is 23.7. The van der Waals surface area contributed by atoms with E-state index in [1.165, 1.54) is 0 Å². The number of piperidine rings is 1. The minimum atomic E-state index is -4.39. The highest BCUT2D eigenvalue weighted by Gasteiger charge is 2.35. The first kappa shape index (κ1) is 14.8. The first-order valence-electron chi connectivity index (χ1n) is 5.95. The SMILES string of the molecule is CCCN(CC(F)(F)F)C(=O)C1CCC(=O)NC1. The van der Waals surface area contributed by atoms with Gasteiger partial charge < -0.3 is 10.2 Å². The summed E-state index contributed by atoms with van der Waals surface area (Å²) in [6, 6.07) is 0. The average Bonchev–Trinajstić information content (AvgIpc) is 2.27. The molecule has 1 atom stereocenters. The number of hydrogen-bond acceptors (Lipinski definition) is 2. The third-order valence-corrected chi connectivity index (χ3v) is 2.79. The molecule has 1 N–H and O–H groups in total. The van der Waals surface area contributed by atoms with E-state index in [2.05, 4.69) is 5.32 Å². The second kappa shape index (κ2) is 6.06. The Labute approximate surface area is 104 Å². The Kier molecular flexibility index (Phi) is 4.98. The number of hydrogen-bond donors (Lipinski definition) is 1. The molecule has 1 aliphatic rings. The molecule has 0 aromatic carbocycles. The Bertz CT molecular complexity index is 308. The van der Waals surface area contributed by atoms with Crippen molar-refractivity contribution in [1.82, 2.24) is 10.2 Å². The summed E-state index contributed by atoms with van der Waals surface area (Å²) in [6.45, 7) is 0.724. The van der Waals surface area contributed by atoms with E-state index >= 15 is 0 Å². The highest BCUT2D eigenvalue weighted by Crippen LogP contribution is 2.20. The molecule has 1 heterocycles. The van der Waals surface area contributed by atoms with Gasteiger partial charge in [-0.15, -0.1) is 0 Å². The van der Waals surface area contributed by atoms with Crippen LogP contribution < -0.4 is 5.32 Å². The topological polar surface area (TPSA) is 49.4 Å². The lowest BCUT2D eigenvalue weighted by molar-refractivity contribution is -0.164. The molecule has 0 aromatic heterocycles. The molecule has 4 nitrogen and oxygen atoms in total. The lowest BCUT2D eigenvalue weighted by atomic mass is 9.97. The van der Waals surface area contributed by atoms with Gasteiger partial charge in [0.25, 0.3) is 0 Å². The van der Waals surface area contributed by atoms with Crippen LogP contribution in [0.5, 0.6) is 0 Å². The van der Waals surface area contributed by atoms with E-state index in [1.807, 2.05) is 0 Å². The highest BCUT2D eigenvalue weighted by atomic mass is 19.4. The van der Waals surface area contributed by atoms with Gasteiger partial charge in [-0.25, -0.2) is 0 Å². The Morgan fingerprint density at radius 1 is 1.50 bits per heavy atom. The maximum atomic E-state index is 12.4. The van der Waals surface area contributed by atoms with Crippen molar-refractivity contribution < 1.29 is 22.8 Å². The summed E-state index contributed by atoms with van der Waals surface area (Å²) in [5, 5.41) is 2.51. The third-order valence-electron chi connectivity index (χ3n) is 2.79. The number of nitrogens with zero attached hydrogens (tertiary/aromatic N) is 1. The zero-order chi connectivity index (χ0) is 13.8. The quantitative estimate of drug-likeness (QED) is 0.834. The molecule has 18 heavy (non-hydrogen) atoms. The number of amides is 2. The maximum absolute atomic E-state index is 12.4. The molecule has 0 spiro atoms. The second-order valence-electron chi connectivity index (χ2n) is 4.41. The summed E-state index contributed by atoms with van der Waals surface area (Å²) in [5.41, 5.74) is 0. The fourth-order valence-electron chi connectivity index (χ4n) is 1.96. The van der Waals surface area contributed by atoms with Crippen LogP contribution in [0.3, 0.4) is 0 Å². The number of alkyl halides is 3. The summed E-state index contributed by atoms with van der Waals surface area (Å²) >= 11 is 0. The number of halogens is 3. The monoisotopic (exact) mass is 266 g/mol. The van der Waals surface area contributed by atoms with Crippen molar-refractivity contribution in [1.29, 1.82) is 0 Å². The predicted octanol–water partition coefficient (Wildman–Crippen LogP) is 1.31. The minimum Gasteiger partial charge on any atom is -0.355 e. The minimum absolute atomic E-state index is 0.0861. The van der Waals surface area contributed by atoms with Crippen molar-refractivity contribution in [3.05, 3.63) is 0 Å². The van der Waals surface area contributed by atoms with E-state index in [0.29, 0.717) is 12.8 Å². The molecule has 1 rings (SSSR count). The molecule has 1 fully saturated rings. The van der Waals surface area contributed by atoms with E-state index in [9.17, 15) is 22.8 Å². The zero-order valence-corrected chi connectivity index (χ0v) is 10.2. The first-order chi connectivity index (χ1) is 8.33. The maximum Gasteiger partial charge on any atom is 0.406 e. The van der Waals surface area contributed by atoms with Gasteiger partial charge in [-0.1, -0.05) is 6.92 Å². The van der Waals surface area contributed by atoms with Gasteiger partial charge in [0.2, 0.25) is 11.8 Å². The van der Waals surface area contributed by atoms with E-state index in [1.54, 1.807) is 6.92 Å². The standard InChI is InChI=1S/C11H17F3N2O2/c1-2-5-16(7-11(12,13)14)10(18)8-3-4-9(17)15-6-8/h8H,2-7H2,1H3,(H,15,17). The molecule has 1 unspecified atom stereocenters. The molecule has 0 aromatic rings. The Balaban J connectivity index is 2.61. The average molecular weight is 266 g/mol. The van der Waals surface area contributed by atoms with Crippen molar-refractivity contribution in [2.45, 2.75) is 32.4 Å². The van der Waals surface area contributed by atoms with E-state index in [4.69, 9.17) is 0 Å². The van der Waals surface area contributed by atoms with Crippen molar-refractivity contribution in [3.8, 4) is 0 Å². The molecule has 0 aliphatic carbocycles. The van der Waals surface area contributed by atoms with Crippen LogP contribution >= 0.6 is 0 Å². The van der Waals surface area contributed by atoms with Crippen LogP contribution in [0.4, 0.5) is 13.2 Å². The first-order valence-corrected chi connectivity index (χ1v) is 5.95. The van der Waals surface area contributed by atoms with Crippen molar-refractivity contribution in [3.63, 3.8) is 0 Å². The van der Waals surface area contributed by atoms with Crippen LogP contribution in [-0.4, -0.2) is 42.5 Å². The lowest BCUT2D eigenvalue weighted by Crippen LogP contribution is -2.47. The normalized spacial score (nSPS) is 20.4. The van der Waals surface area contributed by atoms with Crippen LogP contribution in [0.15, 0.2) is 0 Å². The van der Waals surface area contributed by atoms with Gasteiger partial charge in [-0.2, -0.15) is 13.2 Å². The summed E-state index contributed by atoms with van der Waals surface area (Å²) in [7, 11) is 0. The van der Waals surface area contributed by atoms with Crippen molar-refractivity contribution >= 4 is 11.8 Å². The van der Waals surface area contributed by atoms with Crippen LogP contribution in [0.1, 0.15) is 26.2 Å². The zero-order valence-electron chi connectivity index (χ0n) is 10.2. The second-order valence-corrected chi connectivity index (χ2v) is 4.41. The number of carbonyl (C=O) groups is 2. The Hall–Kier alpha value is -1.27. The van der Waals surface area contributed by atoms with E-state index in [-0.39, 0.29) is 25.4 Å². The van der Waals surface area contributed by atoms with E-state index < -0.39 is 24.5 Å². The molecule has 0 radical (unpaired) electrons. The molecule has 2 amide bonds. The largest absolute Gasteiger partial charge is 0.406 e. The smallest absolute Gasteiger partial charge is 0.355 e. The summed E-state index contributed by atoms with van der Waals surface area (Å²) in [6.07, 6.45) is -3.39. The van der Waals surface area contributed by atoms with Gasteiger partial charge in [0, 0.05) is 19.5 Å². The van der Waals surface area contributed by atoms with Crippen LogP contribution in [-0.2, 0) is 9.59 Å². The molecule has 0 saturated carbocycles. The highest BCUT2D eigenvalue weighted by molar-refractivity contribution is 5.83. The summed E-state index contributed by atoms with van der Waals surface area (Å²) in [5.74, 6) is -1.21. The van der Waals surface area contributed by atoms with Crippen LogP contribution in [0.2, 0.25) is 0 Å². The molecular weight excluding hydrogens is 249 g/mol. The van der Waals surface area contributed by atoms with Crippen molar-refractivity contribution in [2.24, 2.45) is 5.92 Å². The molecule has 1 saturated heterocycles. The van der Waals surface area contributed by atoms with Gasteiger partial charge in [-0.3, -0.25) is 9.59 Å². The molecule has 7 heteroatoms. The Morgan fingerprint density at radius 3 is 2.61 bits per heavy atom.